The fourth-order valence-corrected chi connectivity index (χ4v) is 12.2. The van der Waals surface area contributed by atoms with Crippen molar-refractivity contribution in [3.8, 4) is 0 Å². The molecule has 2 aliphatic heterocycles. The normalized spacial score (nSPS) is 43.3. The molecule has 1 aromatic carbocycles. The molecule has 1 N–H and O–H groups in total. The van der Waals surface area contributed by atoms with Gasteiger partial charge in [-0.05, 0) is 111 Å². The van der Waals surface area contributed by atoms with Crippen molar-refractivity contribution in [2.24, 2.45) is 40.9 Å². The van der Waals surface area contributed by atoms with Crippen molar-refractivity contribution in [2.45, 2.75) is 116 Å². The van der Waals surface area contributed by atoms with Gasteiger partial charge in [0.1, 0.15) is 6.61 Å². The number of rotatable bonds is 4. The highest BCUT2D eigenvalue weighted by molar-refractivity contribution is 7.88. The Hall–Kier alpha value is -1.90. The van der Waals surface area contributed by atoms with Crippen LogP contribution in [0.3, 0.4) is 0 Å². The highest BCUT2D eigenvalue weighted by Gasteiger charge is 2.63. The van der Waals surface area contributed by atoms with Gasteiger partial charge in [-0.3, -0.25) is 0 Å². The second-order valence-electron chi connectivity index (χ2n) is 15.8. The van der Waals surface area contributed by atoms with Gasteiger partial charge >= 0.3 is 6.09 Å². The van der Waals surface area contributed by atoms with E-state index >= 15 is 0 Å². The lowest BCUT2D eigenvalue weighted by Gasteiger charge is -2.54. The van der Waals surface area contributed by atoms with Gasteiger partial charge in [-0.15, -0.1) is 0 Å². The maximum absolute atomic E-state index is 13.6. The van der Waals surface area contributed by atoms with E-state index in [0.717, 1.165) is 56.6 Å². The molecule has 7 rings (SSSR count). The van der Waals surface area contributed by atoms with Gasteiger partial charge in [0.05, 0.1) is 24.0 Å². The molecule has 1 spiro atoms. The summed E-state index contributed by atoms with van der Waals surface area (Å²) in [6.07, 6.45) is 10.9. The molecule has 3 saturated carbocycles. The molecule has 0 bridgehead atoms. The maximum atomic E-state index is 13.6. The van der Waals surface area contributed by atoms with Crippen molar-refractivity contribution in [1.82, 2.24) is 9.62 Å². The summed E-state index contributed by atoms with van der Waals surface area (Å²) < 4.78 is 40.0. The number of sulfonamides is 1. The molecule has 1 amide bonds. The Labute approximate surface area is 264 Å². The van der Waals surface area contributed by atoms with E-state index in [9.17, 15) is 13.2 Å². The number of benzene rings is 1. The molecule has 4 aliphatic carbocycles. The van der Waals surface area contributed by atoms with Crippen molar-refractivity contribution >= 4 is 16.1 Å². The molecule has 2 unspecified atom stereocenters. The summed E-state index contributed by atoms with van der Waals surface area (Å²) in [5.41, 5.74) is 4.08. The number of carbonyl (C=O) groups excluding carboxylic acids is 1. The molecule has 5 fully saturated rings. The van der Waals surface area contributed by atoms with E-state index < -0.39 is 10.0 Å². The molecule has 8 heteroatoms. The molecule has 0 aromatic heterocycles. The SMILES string of the molecule is CC1=C2C[C@H]3C(CC[C@@H]4C[C@H](NS(C)(=O)=O)CCC43C)[C@@H]2CC[C@]12O[C@@H]1C[C@H](C)CN(C(=O)OCc3ccccc3)[C@H]1[C@H]2C. The summed E-state index contributed by atoms with van der Waals surface area (Å²) in [6, 6.07) is 10.0. The van der Waals surface area contributed by atoms with E-state index in [4.69, 9.17) is 9.47 Å². The van der Waals surface area contributed by atoms with E-state index in [1.807, 2.05) is 35.2 Å². The van der Waals surface area contributed by atoms with Crippen LogP contribution in [0.4, 0.5) is 4.79 Å². The molecule has 7 nitrogen and oxygen atoms in total. The minimum atomic E-state index is -3.18. The van der Waals surface area contributed by atoms with Crippen LogP contribution >= 0.6 is 0 Å². The Morgan fingerprint density at radius 1 is 1.09 bits per heavy atom. The monoisotopic (exact) mass is 624 g/mol. The van der Waals surface area contributed by atoms with Crippen LogP contribution in [-0.2, 0) is 26.1 Å². The van der Waals surface area contributed by atoms with E-state index in [2.05, 4.69) is 32.4 Å². The molecule has 11 atom stereocenters. The third-order valence-electron chi connectivity index (χ3n) is 13.4. The molecule has 6 aliphatic rings. The molecular formula is C36H52N2O5S. The number of hydrogen-bond donors (Lipinski definition) is 1. The number of nitrogens with one attached hydrogen (secondary N) is 1. The molecular weight excluding hydrogens is 572 g/mol. The minimum absolute atomic E-state index is 0.0322. The largest absolute Gasteiger partial charge is 0.445 e. The number of fused-ring (bicyclic) bond motifs is 6. The van der Waals surface area contributed by atoms with Gasteiger partial charge in [0.15, 0.2) is 0 Å². The van der Waals surface area contributed by atoms with Gasteiger partial charge in [0, 0.05) is 18.5 Å². The molecule has 1 aromatic rings. The Balaban J connectivity index is 1.12. The molecule has 2 saturated heterocycles. The van der Waals surface area contributed by atoms with E-state index in [0.29, 0.717) is 30.3 Å². The maximum Gasteiger partial charge on any atom is 0.410 e. The van der Waals surface area contributed by atoms with Crippen molar-refractivity contribution in [3.63, 3.8) is 0 Å². The number of allylic oxidation sites excluding steroid dienone is 1. The van der Waals surface area contributed by atoms with Crippen LogP contribution in [0.25, 0.3) is 0 Å². The van der Waals surface area contributed by atoms with Crippen LogP contribution in [0.5, 0.6) is 0 Å². The molecule has 242 valence electrons. The van der Waals surface area contributed by atoms with E-state index in [1.54, 1.807) is 5.57 Å². The Kier molecular flexibility index (Phi) is 7.77. The Morgan fingerprint density at radius 2 is 1.86 bits per heavy atom. The smallest absolute Gasteiger partial charge is 0.410 e. The lowest BCUT2D eigenvalue weighted by Crippen LogP contribution is -2.54. The van der Waals surface area contributed by atoms with Crippen LogP contribution in [-0.4, -0.2) is 56.0 Å². The third-order valence-corrected chi connectivity index (χ3v) is 14.2. The lowest BCUT2D eigenvalue weighted by atomic mass is 9.52. The van der Waals surface area contributed by atoms with Crippen molar-refractivity contribution in [3.05, 3.63) is 47.0 Å². The fraction of sp³-hybridized carbons (Fsp3) is 0.750. The van der Waals surface area contributed by atoms with Crippen molar-refractivity contribution < 1.29 is 22.7 Å². The van der Waals surface area contributed by atoms with Gasteiger partial charge in [-0.25, -0.2) is 17.9 Å². The summed E-state index contributed by atoms with van der Waals surface area (Å²) in [7, 11) is -3.18. The third kappa shape index (κ3) is 5.06. The van der Waals surface area contributed by atoms with Crippen LogP contribution < -0.4 is 4.72 Å². The van der Waals surface area contributed by atoms with Crippen molar-refractivity contribution in [2.75, 3.05) is 12.8 Å². The number of likely N-dealkylation sites (tertiary alicyclic amines) is 1. The highest BCUT2D eigenvalue weighted by atomic mass is 32.2. The molecule has 2 heterocycles. The quantitative estimate of drug-likeness (QED) is 0.378. The van der Waals surface area contributed by atoms with E-state index in [1.165, 1.54) is 31.1 Å². The summed E-state index contributed by atoms with van der Waals surface area (Å²) in [5, 5.41) is 0. The van der Waals surface area contributed by atoms with Crippen LogP contribution in [0, 0.1) is 40.9 Å². The zero-order valence-electron chi connectivity index (χ0n) is 27.3. The first kappa shape index (κ1) is 30.7. The zero-order valence-corrected chi connectivity index (χ0v) is 28.1. The van der Waals surface area contributed by atoms with Gasteiger partial charge in [-0.2, -0.15) is 0 Å². The minimum Gasteiger partial charge on any atom is -0.445 e. The van der Waals surface area contributed by atoms with E-state index in [-0.39, 0.29) is 41.2 Å². The topological polar surface area (TPSA) is 84.9 Å². The average Bonchev–Trinajstić information content (AvgIpc) is 3.50. The predicted molar refractivity (Wildman–Crippen MR) is 171 cm³/mol. The Bertz CT molecular complexity index is 1410. The van der Waals surface area contributed by atoms with Gasteiger partial charge in [-0.1, -0.05) is 56.7 Å². The number of nitrogens with zero attached hydrogens (tertiary/aromatic N) is 1. The summed E-state index contributed by atoms with van der Waals surface area (Å²) in [6.45, 7) is 10.5. The van der Waals surface area contributed by atoms with Crippen LogP contribution in [0.15, 0.2) is 41.5 Å². The number of amides is 1. The average molecular weight is 625 g/mol. The first-order chi connectivity index (χ1) is 20.9. The zero-order chi connectivity index (χ0) is 31.0. The van der Waals surface area contributed by atoms with Gasteiger partial charge in [0.2, 0.25) is 10.0 Å². The summed E-state index contributed by atoms with van der Waals surface area (Å²) in [5.74, 6) is 3.18. The second kappa shape index (κ2) is 11.1. The first-order valence-electron chi connectivity index (χ1n) is 17.2. The van der Waals surface area contributed by atoms with Gasteiger partial charge in [0.25, 0.3) is 0 Å². The number of hydrogen-bond acceptors (Lipinski definition) is 5. The lowest BCUT2D eigenvalue weighted by molar-refractivity contribution is -0.0666. The Morgan fingerprint density at radius 3 is 2.61 bits per heavy atom. The summed E-state index contributed by atoms with van der Waals surface area (Å²) >= 11 is 0. The number of carbonyl (C=O) groups is 1. The first-order valence-corrected chi connectivity index (χ1v) is 19.1. The fourth-order valence-electron chi connectivity index (χ4n) is 11.4. The summed E-state index contributed by atoms with van der Waals surface area (Å²) in [4.78, 5) is 15.6. The molecule has 44 heavy (non-hydrogen) atoms. The highest BCUT2D eigenvalue weighted by Crippen LogP contribution is 2.66. The van der Waals surface area contributed by atoms with Crippen molar-refractivity contribution in [1.29, 1.82) is 0 Å². The van der Waals surface area contributed by atoms with Gasteiger partial charge < -0.3 is 14.4 Å². The second-order valence-corrected chi connectivity index (χ2v) is 17.5. The van der Waals surface area contributed by atoms with Crippen LogP contribution in [0.2, 0.25) is 0 Å². The number of ether oxygens (including phenoxy) is 2. The predicted octanol–water partition coefficient (Wildman–Crippen LogP) is 6.69. The van der Waals surface area contributed by atoms with Crippen LogP contribution in [0.1, 0.15) is 91.0 Å². The standard InChI is InChI=1S/C36H52N2O5S/c1-22-17-32-33(38(20-22)34(39)42-21-25-9-7-6-8-10-25)24(3)36(43-32)16-14-28-29-12-11-26-18-27(37-44(5,40)41)13-15-35(26,4)31(29)19-30(28)23(36)2/h6-10,22,24,26-29,31-33,37H,11-21H2,1-5H3/t22-,24+,26+,27+,28-,29?,31-,32+,33-,35?,36-/m0/s1. The number of piperidine rings is 1. The molecule has 0 radical (unpaired) electrons.